The van der Waals surface area contributed by atoms with Crippen LogP contribution in [0.3, 0.4) is 0 Å². The van der Waals surface area contributed by atoms with Gasteiger partial charge in [-0.2, -0.15) is 11.8 Å². The maximum Gasteiger partial charge on any atom is 0.133 e. The third-order valence-electron chi connectivity index (χ3n) is 3.53. The molecule has 1 heterocycles. The van der Waals surface area contributed by atoms with Crippen LogP contribution in [0.1, 0.15) is 43.8 Å². The van der Waals surface area contributed by atoms with Gasteiger partial charge in [-0.15, -0.1) is 0 Å². The molecule has 1 N–H and O–H groups in total. The summed E-state index contributed by atoms with van der Waals surface area (Å²) in [5, 5.41) is 3.53. The fourth-order valence-electron chi connectivity index (χ4n) is 2.23. The zero-order chi connectivity index (χ0) is 13.2. The van der Waals surface area contributed by atoms with Crippen molar-refractivity contribution in [2.75, 3.05) is 18.1 Å². The lowest BCUT2D eigenvalue weighted by Crippen LogP contribution is -2.27. The third-order valence-corrected chi connectivity index (χ3v) is 4.78. The van der Waals surface area contributed by atoms with Gasteiger partial charge in [-0.3, -0.25) is 0 Å². The van der Waals surface area contributed by atoms with Gasteiger partial charge in [0.1, 0.15) is 11.6 Å². The summed E-state index contributed by atoms with van der Waals surface area (Å²) < 4.78 is 0.237. The lowest BCUT2D eigenvalue weighted by molar-refractivity contribution is 0.657. The molecule has 0 unspecified atom stereocenters. The van der Waals surface area contributed by atoms with Gasteiger partial charge in [-0.1, -0.05) is 0 Å². The molecule has 1 aliphatic carbocycles. The molecule has 18 heavy (non-hydrogen) atoms. The van der Waals surface area contributed by atoms with Crippen LogP contribution in [0.25, 0.3) is 0 Å². The lowest BCUT2D eigenvalue weighted by Gasteiger charge is -2.25. The first kappa shape index (κ1) is 13.7. The molecule has 0 atom stereocenters. The summed E-state index contributed by atoms with van der Waals surface area (Å²) in [7, 11) is 0. The molecule has 4 heteroatoms. The van der Waals surface area contributed by atoms with E-state index in [1.807, 2.05) is 18.7 Å². The zero-order valence-electron chi connectivity index (χ0n) is 11.8. The quantitative estimate of drug-likeness (QED) is 0.907. The minimum Gasteiger partial charge on any atom is -0.368 e. The van der Waals surface area contributed by atoms with Crippen molar-refractivity contribution < 1.29 is 0 Å². The van der Waals surface area contributed by atoms with Crippen LogP contribution in [0.5, 0.6) is 0 Å². The van der Waals surface area contributed by atoms with Gasteiger partial charge in [0.05, 0.1) is 0 Å². The van der Waals surface area contributed by atoms with Crippen molar-refractivity contribution in [1.29, 1.82) is 0 Å². The van der Waals surface area contributed by atoms with Gasteiger partial charge in [0, 0.05) is 22.5 Å². The van der Waals surface area contributed by atoms with E-state index in [-0.39, 0.29) is 4.75 Å². The molecule has 100 valence electrons. The summed E-state index contributed by atoms with van der Waals surface area (Å²) in [6.07, 6.45) is 6.92. The zero-order valence-corrected chi connectivity index (χ0v) is 12.7. The number of hydrogen-bond acceptors (Lipinski definition) is 4. The van der Waals surface area contributed by atoms with E-state index in [1.54, 1.807) is 0 Å². The van der Waals surface area contributed by atoms with Crippen molar-refractivity contribution >= 4 is 17.6 Å². The van der Waals surface area contributed by atoms with E-state index in [2.05, 4.69) is 35.4 Å². The van der Waals surface area contributed by atoms with Crippen LogP contribution >= 0.6 is 11.8 Å². The second-order valence-electron chi connectivity index (χ2n) is 5.57. The standard InChI is InChI=1S/C14H23N3S/c1-10-16-12-8-6-5-7-11(12)13(17-10)15-9-14(2,3)18-4/h5-9H2,1-4H3,(H,15,16,17). The summed E-state index contributed by atoms with van der Waals surface area (Å²) in [6.45, 7) is 7.44. The van der Waals surface area contributed by atoms with Gasteiger partial charge in [0.25, 0.3) is 0 Å². The molecule has 0 aromatic carbocycles. The molecule has 0 saturated carbocycles. The average molecular weight is 265 g/mol. The number of nitrogens with one attached hydrogen (secondary N) is 1. The predicted molar refractivity (Wildman–Crippen MR) is 79.5 cm³/mol. The fraction of sp³-hybridized carbons (Fsp3) is 0.714. The maximum atomic E-state index is 4.59. The summed E-state index contributed by atoms with van der Waals surface area (Å²) in [5.41, 5.74) is 2.61. The van der Waals surface area contributed by atoms with E-state index in [4.69, 9.17) is 0 Å². The van der Waals surface area contributed by atoms with Crippen LogP contribution in [-0.2, 0) is 12.8 Å². The number of rotatable bonds is 4. The highest BCUT2D eigenvalue weighted by molar-refractivity contribution is 7.99. The van der Waals surface area contributed by atoms with Gasteiger partial charge in [0.15, 0.2) is 0 Å². The number of fused-ring (bicyclic) bond motifs is 1. The van der Waals surface area contributed by atoms with E-state index >= 15 is 0 Å². The number of nitrogens with zero attached hydrogens (tertiary/aromatic N) is 2. The molecule has 1 aromatic heterocycles. The Morgan fingerprint density at radius 2 is 1.94 bits per heavy atom. The van der Waals surface area contributed by atoms with Crippen LogP contribution in [-0.4, -0.2) is 27.5 Å². The van der Waals surface area contributed by atoms with Gasteiger partial charge >= 0.3 is 0 Å². The van der Waals surface area contributed by atoms with Crippen molar-refractivity contribution in [3.8, 4) is 0 Å². The highest BCUT2D eigenvalue weighted by Crippen LogP contribution is 2.27. The largest absolute Gasteiger partial charge is 0.368 e. The Balaban J connectivity index is 2.19. The highest BCUT2D eigenvalue weighted by Gasteiger charge is 2.20. The van der Waals surface area contributed by atoms with Crippen LogP contribution < -0.4 is 5.32 Å². The number of aromatic nitrogens is 2. The minimum absolute atomic E-state index is 0.237. The summed E-state index contributed by atoms with van der Waals surface area (Å²) in [4.78, 5) is 9.17. The van der Waals surface area contributed by atoms with Crippen LogP contribution in [0.2, 0.25) is 0 Å². The molecular formula is C14H23N3S. The van der Waals surface area contributed by atoms with E-state index in [1.165, 1.54) is 24.1 Å². The smallest absolute Gasteiger partial charge is 0.133 e. The fourth-order valence-corrected chi connectivity index (χ4v) is 2.45. The van der Waals surface area contributed by atoms with Crippen molar-refractivity contribution in [1.82, 2.24) is 9.97 Å². The number of thioether (sulfide) groups is 1. The lowest BCUT2D eigenvalue weighted by atomic mass is 9.96. The molecule has 0 amide bonds. The second kappa shape index (κ2) is 5.47. The topological polar surface area (TPSA) is 37.8 Å². The minimum atomic E-state index is 0.237. The molecule has 0 saturated heterocycles. The number of anilines is 1. The molecule has 0 aliphatic heterocycles. The van der Waals surface area contributed by atoms with E-state index in [0.29, 0.717) is 0 Å². The molecule has 1 aromatic rings. The van der Waals surface area contributed by atoms with Crippen molar-refractivity contribution in [2.24, 2.45) is 0 Å². The molecule has 2 rings (SSSR count). The Hall–Kier alpha value is -0.770. The first-order valence-electron chi connectivity index (χ1n) is 6.67. The van der Waals surface area contributed by atoms with Crippen LogP contribution in [0, 0.1) is 6.92 Å². The van der Waals surface area contributed by atoms with Crippen LogP contribution in [0.15, 0.2) is 0 Å². The molecule has 1 aliphatic rings. The third kappa shape index (κ3) is 3.16. The van der Waals surface area contributed by atoms with E-state index < -0.39 is 0 Å². The highest BCUT2D eigenvalue weighted by atomic mass is 32.2. The van der Waals surface area contributed by atoms with Gasteiger partial charge < -0.3 is 5.32 Å². The van der Waals surface area contributed by atoms with Crippen molar-refractivity contribution in [2.45, 2.75) is 51.2 Å². The average Bonchev–Trinajstić information content (AvgIpc) is 2.36. The SMILES string of the molecule is CSC(C)(C)CNc1nc(C)nc2c1CCCC2. The van der Waals surface area contributed by atoms with E-state index in [9.17, 15) is 0 Å². The summed E-state index contributed by atoms with van der Waals surface area (Å²) in [5.74, 6) is 1.96. The number of hydrogen-bond donors (Lipinski definition) is 1. The first-order valence-corrected chi connectivity index (χ1v) is 7.90. The monoisotopic (exact) mass is 265 g/mol. The second-order valence-corrected chi connectivity index (χ2v) is 7.08. The van der Waals surface area contributed by atoms with E-state index in [0.717, 1.165) is 31.0 Å². The predicted octanol–water partition coefficient (Wildman–Crippen LogP) is 3.22. The Labute approximate surface area is 114 Å². The van der Waals surface area contributed by atoms with Crippen molar-refractivity contribution in [3.63, 3.8) is 0 Å². The van der Waals surface area contributed by atoms with Gasteiger partial charge in [0.2, 0.25) is 0 Å². The Morgan fingerprint density at radius 1 is 1.22 bits per heavy atom. The normalized spacial score (nSPS) is 15.3. The molecule has 0 spiro atoms. The molecule has 3 nitrogen and oxygen atoms in total. The van der Waals surface area contributed by atoms with Gasteiger partial charge in [-0.25, -0.2) is 9.97 Å². The molecular weight excluding hydrogens is 242 g/mol. The maximum absolute atomic E-state index is 4.59. The Kier molecular flexibility index (Phi) is 4.15. The number of aryl methyl sites for hydroxylation is 2. The van der Waals surface area contributed by atoms with Gasteiger partial charge in [-0.05, 0) is 52.7 Å². The summed E-state index contributed by atoms with van der Waals surface area (Å²) in [6, 6.07) is 0. The summed E-state index contributed by atoms with van der Waals surface area (Å²) >= 11 is 1.88. The van der Waals surface area contributed by atoms with Crippen LogP contribution in [0.4, 0.5) is 5.82 Å². The Morgan fingerprint density at radius 3 is 2.67 bits per heavy atom. The van der Waals surface area contributed by atoms with Crippen molar-refractivity contribution in [3.05, 3.63) is 17.1 Å². The molecule has 0 radical (unpaired) electrons. The Bertz CT molecular complexity index is 429. The first-order chi connectivity index (χ1) is 8.52. The molecule has 0 bridgehead atoms. The molecule has 0 fully saturated rings.